The van der Waals surface area contributed by atoms with Crippen LogP contribution in [-0.2, 0) is 27.5 Å². The summed E-state index contributed by atoms with van der Waals surface area (Å²) in [6.07, 6.45) is 4.85. The maximum atomic E-state index is 13.2. The Morgan fingerprint density at radius 1 is 1.38 bits per heavy atom. The zero-order valence-electron chi connectivity index (χ0n) is 15.3. The quantitative estimate of drug-likeness (QED) is 0.820. The minimum absolute atomic E-state index is 0.0908. The summed E-state index contributed by atoms with van der Waals surface area (Å²) in [5.41, 5.74) is 4.33. The Balaban J connectivity index is 1.57. The van der Waals surface area contributed by atoms with Crippen LogP contribution in [0.4, 0.5) is 0 Å². The van der Waals surface area contributed by atoms with E-state index in [-0.39, 0.29) is 29.4 Å². The van der Waals surface area contributed by atoms with Crippen LogP contribution in [0, 0.1) is 12.8 Å². The Morgan fingerprint density at radius 2 is 2.19 bits per heavy atom. The first-order valence-corrected chi connectivity index (χ1v) is 11.2. The average Bonchev–Trinajstić information content (AvgIpc) is 3.13. The molecule has 1 saturated heterocycles. The summed E-state index contributed by atoms with van der Waals surface area (Å²) in [5.74, 6) is 0.316. The summed E-state index contributed by atoms with van der Waals surface area (Å²) >= 11 is 0. The van der Waals surface area contributed by atoms with E-state index >= 15 is 0 Å². The van der Waals surface area contributed by atoms with E-state index in [0.717, 1.165) is 29.9 Å². The Bertz CT molecular complexity index is 964. The van der Waals surface area contributed by atoms with Crippen molar-refractivity contribution in [3.05, 3.63) is 35.3 Å². The number of fused-ring (bicyclic) bond motifs is 3. The molecule has 0 spiro atoms. The Morgan fingerprint density at radius 3 is 2.88 bits per heavy atom. The molecule has 1 aliphatic carbocycles. The van der Waals surface area contributed by atoms with E-state index in [0.29, 0.717) is 19.4 Å². The summed E-state index contributed by atoms with van der Waals surface area (Å²) in [5, 5.41) is 0. The highest BCUT2D eigenvalue weighted by molar-refractivity contribution is 7.91. The van der Waals surface area contributed by atoms with Crippen LogP contribution in [-0.4, -0.2) is 52.7 Å². The van der Waals surface area contributed by atoms with E-state index < -0.39 is 9.84 Å². The molecule has 2 aromatic rings. The molecule has 3 heterocycles. The molecule has 2 aromatic heterocycles. The number of hydrogen-bond acceptors (Lipinski definition) is 4. The molecule has 2 unspecified atom stereocenters. The molecular formula is C19H25N3O3S. The molecule has 140 valence electrons. The lowest BCUT2D eigenvalue weighted by molar-refractivity contribution is -0.137. The molecular weight excluding hydrogens is 350 g/mol. The predicted octanol–water partition coefficient (Wildman–Crippen LogP) is 1.78. The number of carbonyl (C=O) groups is 1. The highest BCUT2D eigenvalue weighted by atomic mass is 32.2. The van der Waals surface area contributed by atoms with Crippen LogP contribution in [0.5, 0.6) is 0 Å². The third kappa shape index (κ3) is 3.02. The largest absolute Gasteiger partial charge is 0.339 e. The second kappa shape index (κ2) is 6.37. The van der Waals surface area contributed by atoms with E-state index in [1.807, 2.05) is 13.1 Å². The molecule has 0 aromatic carbocycles. The van der Waals surface area contributed by atoms with Gasteiger partial charge in [-0.15, -0.1) is 0 Å². The normalized spacial score (nSPS) is 24.5. The third-order valence-corrected chi connectivity index (χ3v) is 7.51. The molecule has 2 aliphatic rings. The van der Waals surface area contributed by atoms with E-state index in [9.17, 15) is 13.2 Å². The van der Waals surface area contributed by atoms with Crippen molar-refractivity contribution in [2.45, 2.75) is 45.6 Å². The van der Waals surface area contributed by atoms with Crippen molar-refractivity contribution in [1.29, 1.82) is 0 Å². The fraction of sp³-hybridized carbons (Fsp3) is 0.579. The van der Waals surface area contributed by atoms with Gasteiger partial charge in [0.2, 0.25) is 5.91 Å². The molecule has 1 aliphatic heterocycles. The van der Waals surface area contributed by atoms with Crippen molar-refractivity contribution >= 4 is 21.4 Å². The van der Waals surface area contributed by atoms with Gasteiger partial charge in [0, 0.05) is 36.8 Å². The van der Waals surface area contributed by atoms with E-state index in [4.69, 9.17) is 4.98 Å². The summed E-state index contributed by atoms with van der Waals surface area (Å²) in [7, 11) is -3.00. The Kier molecular flexibility index (Phi) is 4.29. The van der Waals surface area contributed by atoms with Crippen LogP contribution < -0.4 is 0 Å². The van der Waals surface area contributed by atoms with Crippen molar-refractivity contribution in [3.63, 3.8) is 0 Å². The maximum absolute atomic E-state index is 13.2. The van der Waals surface area contributed by atoms with Crippen LogP contribution in [0.2, 0.25) is 0 Å². The minimum Gasteiger partial charge on any atom is -0.339 e. The van der Waals surface area contributed by atoms with Crippen molar-refractivity contribution in [2.24, 2.45) is 5.92 Å². The first-order valence-electron chi connectivity index (χ1n) is 9.35. The second-order valence-electron chi connectivity index (χ2n) is 7.56. The highest BCUT2D eigenvalue weighted by Gasteiger charge is 2.37. The van der Waals surface area contributed by atoms with Crippen LogP contribution in [0.1, 0.15) is 36.7 Å². The number of nitrogens with zero attached hydrogens (tertiary/aromatic N) is 3. The molecule has 4 rings (SSSR count). The molecule has 1 fully saturated rings. The van der Waals surface area contributed by atoms with Crippen LogP contribution in [0.3, 0.4) is 0 Å². The third-order valence-electron chi connectivity index (χ3n) is 5.76. The number of imidazole rings is 1. The molecule has 26 heavy (non-hydrogen) atoms. The minimum atomic E-state index is -3.00. The standard InChI is InChI=1S/C19H25N3O3S/c1-3-21(15-7-9-26(24,25)12-15)19(23)14-4-5-16-17(11-14)22-8-6-13(2)10-18(22)20-16/h6,8,10,14-15H,3-5,7,9,11-12H2,1-2H3. The molecule has 6 nitrogen and oxygen atoms in total. The number of pyridine rings is 1. The van der Waals surface area contributed by atoms with Gasteiger partial charge in [-0.1, -0.05) is 0 Å². The van der Waals surface area contributed by atoms with Crippen LogP contribution in [0.25, 0.3) is 5.65 Å². The van der Waals surface area contributed by atoms with Gasteiger partial charge < -0.3 is 9.30 Å². The smallest absolute Gasteiger partial charge is 0.226 e. The molecule has 2 atom stereocenters. The topological polar surface area (TPSA) is 71.8 Å². The van der Waals surface area contributed by atoms with Gasteiger partial charge in [0.05, 0.1) is 17.2 Å². The number of aryl methyl sites for hydroxylation is 2. The van der Waals surface area contributed by atoms with Crippen molar-refractivity contribution in [2.75, 3.05) is 18.1 Å². The van der Waals surface area contributed by atoms with Gasteiger partial charge in [-0.3, -0.25) is 4.79 Å². The molecule has 0 bridgehead atoms. The van der Waals surface area contributed by atoms with Gasteiger partial charge in [-0.05, 0) is 50.8 Å². The van der Waals surface area contributed by atoms with Gasteiger partial charge >= 0.3 is 0 Å². The monoisotopic (exact) mass is 375 g/mol. The van der Waals surface area contributed by atoms with Crippen molar-refractivity contribution < 1.29 is 13.2 Å². The van der Waals surface area contributed by atoms with E-state index in [2.05, 4.69) is 23.5 Å². The lowest BCUT2D eigenvalue weighted by Gasteiger charge is -2.32. The van der Waals surface area contributed by atoms with Crippen LogP contribution in [0.15, 0.2) is 18.3 Å². The van der Waals surface area contributed by atoms with E-state index in [1.54, 1.807) is 4.90 Å². The molecule has 0 saturated carbocycles. The summed E-state index contributed by atoms with van der Waals surface area (Å²) in [4.78, 5) is 19.7. The zero-order valence-corrected chi connectivity index (χ0v) is 16.1. The van der Waals surface area contributed by atoms with E-state index in [1.165, 1.54) is 5.56 Å². The number of carbonyl (C=O) groups excluding carboxylic acids is 1. The first-order chi connectivity index (χ1) is 12.4. The fourth-order valence-electron chi connectivity index (χ4n) is 4.37. The first kappa shape index (κ1) is 17.5. The van der Waals surface area contributed by atoms with Crippen molar-refractivity contribution in [1.82, 2.24) is 14.3 Å². The fourth-order valence-corrected chi connectivity index (χ4v) is 6.10. The molecule has 0 radical (unpaired) electrons. The van der Waals surface area contributed by atoms with Gasteiger partial charge in [0.15, 0.2) is 9.84 Å². The number of aromatic nitrogens is 2. The van der Waals surface area contributed by atoms with Gasteiger partial charge in [-0.25, -0.2) is 13.4 Å². The molecule has 0 N–H and O–H groups in total. The summed E-state index contributed by atoms with van der Waals surface area (Å²) in [6.45, 7) is 4.55. The number of amides is 1. The van der Waals surface area contributed by atoms with Crippen molar-refractivity contribution in [3.8, 4) is 0 Å². The zero-order chi connectivity index (χ0) is 18.5. The van der Waals surface area contributed by atoms with Gasteiger partial charge in [-0.2, -0.15) is 0 Å². The Hall–Kier alpha value is -1.89. The SMILES string of the molecule is CCN(C(=O)C1CCc2nc3cc(C)ccn3c2C1)C1CCS(=O)(=O)C1. The lowest BCUT2D eigenvalue weighted by Crippen LogP contribution is -2.45. The summed E-state index contributed by atoms with van der Waals surface area (Å²) < 4.78 is 25.7. The molecule has 7 heteroatoms. The number of sulfone groups is 1. The van der Waals surface area contributed by atoms with Gasteiger partial charge in [0.25, 0.3) is 0 Å². The van der Waals surface area contributed by atoms with Crippen LogP contribution >= 0.6 is 0 Å². The molecule has 1 amide bonds. The highest BCUT2D eigenvalue weighted by Crippen LogP contribution is 2.29. The summed E-state index contributed by atoms with van der Waals surface area (Å²) in [6, 6.07) is 3.96. The maximum Gasteiger partial charge on any atom is 0.226 e. The number of rotatable bonds is 3. The number of hydrogen-bond donors (Lipinski definition) is 0. The predicted molar refractivity (Wildman–Crippen MR) is 99.9 cm³/mol. The second-order valence-corrected chi connectivity index (χ2v) is 9.79. The lowest BCUT2D eigenvalue weighted by atomic mass is 9.88. The van der Waals surface area contributed by atoms with Gasteiger partial charge in [0.1, 0.15) is 5.65 Å². The Labute approximate surface area is 154 Å². The average molecular weight is 375 g/mol.